The lowest BCUT2D eigenvalue weighted by Gasteiger charge is -2.22. The van der Waals surface area contributed by atoms with Crippen LogP contribution in [0.25, 0.3) is 0 Å². The lowest BCUT2D eigenvalue weighted by Crippen LogP contribution is -2.27. The number of ether oxygens (including phenoxy) is 1. The number of carbonyl (C=O) groups is 1. The maximum absolute atomic E-state index is 12.1. The van der Waals surface area contributed by atoms with Gasteiger partial charge >= 0.3 is 0 Å². The summed E-state index contributed by atoms with van der Waals surface area (Å²) in [7, 11) is 0. The standard InChI is InChI=1S/C19H29NO2/c1-15(2)14-22-13-12-20-19(21)18-10-8-17(9-11-18)16-6-4-3-5-7-16/h8-11,15-16H,3-7,12-14H2,1-2H3,(H,20,21). The summed E-state index contributed by atoms with van der Waals surface area (Å²) in [6.07, 6.45) is 6.62. The third-order valence-corrected chi connectivity index (χ3v) is 4.23. The van der Waals surface area contributed by atoms with E-state index in [1.165, 1.54) is 37.7 Å². The summed E-state index contributed by atoms with van der Waals surface area (Å²) in [5.41, 5.74) is 2.12. The summed E-state index contributed by atoms with van der Waals surface area (Å²) < 4.78 is 5.47. The van der Waals surface area contributed by atoms with Crippen molar-refractivity contribution in [3.8, 4) is 0 Å². The van der Waals surface area contributed by atoms with E-state index >= 15 is 0 Å². The van der Waals surface area contributed by atoms with E-state index in [4.69, 9.17) is 4.74 Å². The SMILES string of the molecule is CC(C)COCCNC(=O)c1ccc(C2CCCCC2)cc1. The van der Waals surface area contributed by atoms with Crippen LogP contribution < -0.4 is 5.32 Å². The summed E-state index contributed by atoms with van der Waals surface area (Å²) >= 11 is 0. The van der Waals surface area contributed by atoms with Gasteiger partial charge in [-0.15, -0.1) is 0 Å². The molecule has 0 unspecified atom stereocenters. The first kappa shape index (κ1) is 17.0. The van der Waals surface area contributed by atoms with Crippen LogP contribution >= 0.6 is 0 Å². The number of hydrogen-bond acceptors (Lipinski definition) is 2. The highest BCUT2D eigenvalue weighted by Gasteiger charge is 2.15. The predicted octanol–water partition coefficient (Wildman–Crippen LogP) is 4.14. The molecule has 1 aliphatic carbocycles. The minimum atomic E-state index is -0.0108. The molecule has 1 aromatic carbocycles. The van der Waals surface area contributed by atoms with Crippen LogP contribution in [0.1, 0.15) is 67.8 Å². The van der Waals surface area contributed by atoms with Crippen LogP contribution in [0.3, 0.4) is 0 Å². The van der Waals surface area contributed by atoms with Gasteiger partial charge in [-0.05, 0) is 42.4 Å². The number of rotatable bonds is 7. The molecule has 22 heavy (non-hydrogen) atoms. The van der Waals surface area contributed by atoms with Gasteiger partial charge in [0.05, 0.1) is 6.61 Å². The van der Waals surface area contributed by atoms with Crippen molar-refractivity contribution in [3.05, 3.63) is 35.4 Å². The van der Waals surface area contributed by atoms with E-state index in [0.29, 0.717) is 25.0 Å². The molecule has 0 saturated heterocycles. The van der Waals surface area contributed by atoms with Gasteiger partial charge in [0.15, 0.2) is 0 Å². The second-order valence-corrected chi connectivity index (χ2v) is 6.68. The number of benzene rings is 1. The monoisotopic (exact) mass is 303 g/mol. The number of hydrogen-bond donors (Lipinski definition) is 1. The van der Waals surface area contributed by atoms with Crippen LogP contribution in [0, 0.1) is 5.92 Å². The maximum Gasteiger partial charge on any atom is 0.251 e. The van der Waals surface area contributed by atoms with Crippen LogP contribution in [0.15, 0.2) is 24.3 Å². The Balaban J connectivity index is 1.75. The Morgan fingerprint density at radius 1 is 1.18 bits per heavy atom. The van der Waals surface area contributed by atoms with Crippen molar-refractivity contribution in [3.63, 3.8) is 0 Å². The molecular weight excluding hydrogens is 274 g/mol. The summed E-state index contributed by atoms with van der Waals surface area (Å²) in [5.74, 6) is 1.21. The normalized spacial score (nSPS) is 16.0. The summed E-state index contributed by atoms with van der Waals surface area (Å²) in [5, 5.41) is 2.91. The van der Waals surface area contributed by atoms with Crippen LogP contribution in [0.5, 0.6) is 0 Å². The zero-order valence-electron chi connectivity index (χ0n) is 13.9. The molecule has 122 valence electrons. The van der Waals surface area contributed by atoms with Gasteiger partial charge in [0.2, 0.25) is 0 Å². The molecule has 1 aromatic rings. The van der Waals surface area contributed by atoms with E-state index in [9.17, 15) is 4.79 Å². The fourth-order valence-electron chi connectivity index (χ4n) is 3.00. The zero-order valence-corrected chi connectivity index (χ0v) is 13.9. The van der Waals surface area contributed by atoms with Crippen molar-refractivity contribution < 1.29 is 9.53 Å². The van der Waals surface area contributed by atoms with Gasteiger partial charge < -0.3 is 10.1 Å². The first-order valence-corrected chi connectivity index (χ1v) is 8.62. The average molecular weight is 303 g/mol. The lowest BCUT2D eigenvalue weighted by atomic mass is 9.84. The molecule has 0 spiro atoms. The number of amides is 1. The molecule has 1 fully saturated rings. The molecule has 0 radical (unpaired) electrons. The smallest absolute Gasteiger partial charge is 0.251 e. The van der Waals surface area contributed by atoms with Crippen LogP contribution in [0.2, 0.25) is 0 Å². The topological polar surface area (TPSA) is 38.3 Å². The molecule has 0 heterocycles. The number of nitrogens with one attached hydrogen (secondary N) is 1. The minimum absolute atomic E-state index is 0.0108. The zero-order chi connectivity index (χ0) is 15.8. The molecular formula is C19H29NO2. The van der Waals surface area contributed by atoms with Crippen LogP contribution in [-0.4, -0.2) is 25.7 Å². The highest BCUT2D eigenvalue weighted by Crippen LogP contribution is 2.32. The molecule has 1 N–H and O–H groups in total. The third kappa shape index (κ3) is 5.45. The van der Waals surface area contributed by atoms with Gasteiger partial charge in [0, 0.05) is 18.7 Å². The highest BCUT2D eigenvalue weighted by atomic mass is 16.5. The molecule has 0 atom stereocenters. The summed E-state index contributed by atoms with van der Waals surface area (Å²) in [6.45, 7) is 6.12. The molecule has 3 heteroatoms. The Morgan fingerprint density at radius 3 is 2.50 bits per heavy atom. The predicted molar refractivity (Wildman–Crippen MR) is 90.3 cm³/mol. The van der Waals surface area contributed by atoms with Crippen molar-refractivity contribution in [2.45, 2.75) is 51.9 Å². The largest absolute Gasteiger partial charge is 0.379 e. The van der Waals surface area contributed by atoms with Crippen LogP contribution in [0.4, 0.5) is 0 Å². The second-order valence-electron chi connectivity index (χ2n) is 6.68. The minimum Gasteiger partial charge on any atom is -0.379 e. The molecule has 0 aromatic heterocycles. The first-order chi connectivity index (χ1) is 10.7. The van der Waals surface area contributed by atoms with Crippen molar-refractivity contribution in [1.82, 2.24) is 5.32 Å². The third-order valence-electron chi connectivity index (χ3n) is 4.23. The summed E-state index contributed by atoms with van der Waals surface area (Å²) in [4.78, 5) is 12.1. The average Bonchev–Trinajstić information content (AvgIpc) is 2.55. The second kappa shape index (κ2) is 8.94. The molecule has 1 amide bonds. The Labute approximate surface area is 134 Å². The quantitative estimate of drug-likeness (QED) is 0.769. The van der Waals surface area contributed by atoms with E-state index in [0.717, 1.165) is 12.2 Å². The van der Waals surface area contributed by atoms with Gasteiger partial charge in [-0.1, -0.05) is 45.2 Å². The van der Waals surface area contributed by atoms with Gasteiger partial charge in [-0.25, -0.2) is 0 Å². The molecule has 1 saturated carbocycles. The Bertz CT molecular complexity index is 447. The highest BCUT2D eigenvalue weighted by molar-refractivity contribution is 5.94. The van der Waals surface area contributed by atoms with E-state index in [-0.39, 0.29) is 5.91 Å². The molecule has 3 nitrogen and oxygen atoms in total. The lowest BCUT2D eigenvalue weighted by molar-refractivity contribution is 0.0886. The van der Waals surface area contributed by atoms with Crippen molar-refractivity contribution >= 4 is 5.91 Å². The van der Waals surface area contributed by atoms with Crippen molar-refractivity contribution in [1.29, 1.82) is 0 Å². The van der Waals surface area contributed by atoms with E-state index in [1.54, 1.807) is 0 Å². The maximum atomic E-state index is 12.1. The van der Waals surface area contributed by atoms with E-state index in [1.807, 2.05) is 12.1 Å². The van der Waals surface area contributed by atoms with Crippen molar-refractivity contribution in [2.75, 3.05) is 19.8 Å². The molecule has 1 aliphatic rings. The Morgan fingerprint density at radius 2 is 1.86 bits per heavy atom. The van der Waals surface area contributed by atoms with Gasteiger partial charge in [0.1, 0.15) is 0 Å². The summed E-state index contributed by atoms with van der Waals surface area (Å²) in [6, 6.07) is 8.16. The first-order valence-electron chi connectivity index (χ1n) is 8.62. The van der Waals surface area contributed by atoms with E-state index < -0.39 is 0 Å². The van der Waals surface area contributed by atoms with Gasteiger partial charge in [-0.2, -0.15) is 0 Å². The fourth-order valence-corrected chi connectivity index (χ4v) is 3.00. The number of carbonyl (C=O) groups excluding carboxylic acids is 1. The molecule has 0 bridgehead atoms. The van der Waals surface area contributed by atoms with E-state index in [2.05, 4.69) is 31.3 Å². The van der Waals surface area contributed by atoms with Gasteiger partial charge in [0.25, 0.3) is 5.91 Å². The van der Waals surface area contributed by atoms with Crippen LogP contribution in [-0.2, 0) is 4.74 Å². The fraction of sp³-hybridized carbons (Fsp3) is 0.632. The van der Waals surface area contributed by atoms with Crippen molar-refractivity contribution in [2.24, 2.45) is 5.92 Å². The Kier molecular flexibility index (Phi) is 6.91. The molecule has 2 rings (SSSR count). The molecule has 0 aliphatic heterocycles. The Hall–Kier alpha value is -1.35. The van der Waals surface area contributed by atoms with Gasteiger partial charge in [-0.3, -0.25) is 4.79 Å².